The van der Waals surface area contributed by atoms with Gasteiger partial charge in [0.25, 0.3) is 0 Å². The van der Waals surface area contributed by atoms with Gasteiger partial charge in [0.15, 0.2) is 5.78 Å². The molecule has 1 aromatic rings. The van der Waals surface area contributed by atoms with E-state index in [1.807, 2.05) is 13.8 Å². The minimum Gasteiger partial charge on any atom is -0.294 e. The predicted octanol–water partition coefficient (Wildman–Crippen LogP) is 3.12. The molecule has 0 saturated heterocycles. The lowest BCUT2D eigenvalue weighted by Gasteiger charge is -2.09. The fraction of sp³-hybridized carbons (Fsp3) is 0.417. The first-order valence-corrected chi connectivity index (χ1v) is 4.84. The zero-order valence-electron chi connectivity index (χ0n) is 8.43. The third-order valence-corrected chi connectivity index (χ3v) is 2.99. The molecule has 0 unspecified atom stereocenters. The molecule has 0 bridgehead atoms. The summed E-state index contributed by atoms with van der Waals surface area (Å²) >= 11 is 0. The summed E-state index contributed by atoms with van der Waals surface area (Å²) in [5.74, 6) is -0.238. The van der Waals surface area contributed by atoms with Gasteiger partial charge >= 0.3 is 0 Å². The van der Waals surface area contributed by atoms with Crippen LogP contribution in [0.4, 0.5) is 4.39 Å². The number of hydrogen-bond donors (Lipinski definition) is 0. The highest BCUT2D eigenvalue weighted by Gasteiger charge is 2.45. The van der Waals surface area contributed by atoms with Gasteiger partial charge in [0.1, 0.15) is 5.82 Å². The van der Waals surface area contributed by atoms with E-state index in [0.717, 1.165) is 18.4 Å². The van der Waals surface area contributed by atoms with Crippen LogP contribution in [0.25, 0.3) is 0 Å². The lowest BCUT2D eigenvalue weighted by Crippen LogP contribution is -2.13. The lowest BCUT2D eigenvalue weighted by molar-refractivity contribution is 0.0911. The van der Waals surface area contributed by atoms with Crippen LogP contribution in [0.15, 0.2) is 18.2 Å². The zero-order chi connectivity index (χ0) is 10.3. The van der Waals surface area contributed by atoms with Crippen LogP contribution in [-0.2, 0) is 0 Å². The molecule has 1 fully saturated rings. The van der Waals surface area contributed by atoms with Gasteiger partial charge in [-0.2, -0.15) is 0 Å². The smallest absolute Gasteiger partial charge is 0.169 e. The van der Waals surface area contributed by atoms with Crippen molar-refractivity contribution in [1.82, 2.24) is 0 Å². The van der Waals surface area contributed by atoms with Crippen LogP contribution in [0.1, 0.15) is 35.7 Å². The Kier molecular flexibility index (Phi) is 1.95. The van der Waals surface area contributed by atoms with Crippen molar-refractivity contribution in [1.29, 1.82) is 0 Å². The van der Waals surface area contributed by atoms with E-state index in [2.05, 4.69) is 0 Å². The molecule has 0 amide bonds. The Balaban J connectivity index is 2.40. The molecule has 2 rings (SSSR count). The van der Waals surface area contributed by atoms with E-state index >= 15 is 0 Å². The minimum absolute atomic E-state index is 0.0921. The van der Waals surface area contributed by atoms with E-state index in [0.29, 0.717) is 5.56 Å². The van der Waals surface area contributed by atoms with Gasteiger partial charge in [-0.15, -0.1) is 0 Å². The average molecular weight is 192 g/mol. The van der Waals surface area contributed by atoms with Crippen LogP contribution in [0.3, 0.4) is 0 Å². The SMILES string of the molecule is Cc1ccc(F)cc1C(=O)C1(C)CC1. The largest absolute Gasteiger partial charge is 0.294 e. The first kappa shape index (κ1) is 9.38. The Morgan fingerprint density at radius 2 is 2.07 bits per heavy atom. The van der Waals surface area contributed by atoms with E-state index < -0.39 is 0 Å². The second-order valence-electron chi connectivity index (χ2n) is 4.35. The summed E-state index contributed by atoms with van der Waals surface area (Å²) in [4.78, 5) is 11.9. The number of carbonyl (C=O) groups is 1. The van der Waals surface area contributed by atoms with Gasteiger partial charge in [-0.25, -0.2) is 4.39 Å². The van der Waals surface area contributed by atoms with Crippen molar-refractivity contribution >= 4 is 5.78 Å². The average Bonchev–Trinajstić information content (AvgIpc) is 2.88. The Labute approximate surface area is 82.9 Å². The van der Waals surface area contributed by atoms with Gasteiger partial charge in [0, 0.05) is 11.0 Å². The Bertz CT molecular complexity index is 391. The molecule has 1 saturated carbocycles. The maximum absolute atomic E-state index is 13.0. The first-order valence-electron chi connectivity index (χ1n) is 4.84. The second-order valence-corrected chi connectivity index (χ2v) is 4.35. The topological polar surface area (TPSA) is 17.1 Å². The summed E-state index contributed by atoms with van der Waals surface area (Å²) in [5.41, 5.74) is 1.20. The molecular weight excluding hydrogens is 179 g/mol. The van der Waals surface area contributed by atoms with E-state index in [4.69, 9.17) is 0 Å². The number of rotatable bonds is 2. The second kappa shape index (κ2) is 2.91. The summed E-state index contributed by atoms with van der Waals surface area (Å²) in [7, 11) is 0. The van der Waals surface area contributed by atoms with E-state index in [-0.39, 0.29) is 17.0 Å². The normalized spacial score (nSPS) is 17.9. The summed E-state index contributed by atoms with van der Waals surface area (Å²) in [5, 5.41) is 0. The highest BCUT2D eigenvalue weighted by Crippen LogP contribution is 2.47. The molecule has 0 aliphatic heterocycles. The number of halogens is 1. The first-order chi connectivity index (χ1) is 6.53. The van der Waals surface area contributed by atoms with Gasteiger partial charge in [0.2, 0.25) is 0 Å². The zero-order valence-corrected chi connectivity index (χ0v) is 8.43. The molecule has 0 N–H and O–H groups in total. The molecule has 1 aromatic carbocycles. The molecule has 0 aromatic heterocycles. The van der Waals surface area contributed by atoms with Gasteiger partial charge in [-0.05, 0) is 37.5 Å². The molecule has 74 valence electrons. The molecule has 1 nitrogen and oxygen atoms in total. The fourth-order valence-corrected chi connectivity index (χ4v) is 1.58. The third kappa shape index (κ3) is 1.45. The monoisotopic (exact) mass is 192 g/mol. The summed E-state index contributed by atoms with van der Waals surface area (Å²) in [6, 6.07) is 4.40. The Morgan fingerprint density at radius 1 is 1.43 bits per heavy atom. The highest BCUT2D eigenvalue weighted by molar-refractivity contribution is 6.03. The Hall–Kier alpha value is -1.18. The van der Waals surface area contributed by atoms with Crippen LogP contribution in [0, 0.1) is 18.2 Å². The van der Waals surface area contributed by atoms with Crippen LogP contribution in [0.5, 0.6) is 0 Å². The molecule has 14 heavy (non-hydrogen) atoms. The number of hydrogen-bond acceptors (Lipinski definition) is 1. The van der Waals surface area contributed by atoms with Crippen molar-refractivity contribution in [2.45, 2.75) is 26.7 Å². The van der Waals surface area contributed by atoms with Gasteiger partial charge in [-0.1, -0.05) is 13.0 Å². The van der Waals surface area contributed by atoms with Gasteiger partial charge in [0.05, 0.1) is 0 Å². The minimum atomic E-state index is -0.330. The summed E-state index contributed by atoms with van der Waals surface area (Å²) in [6.45, 7) is 3.79. The molecule has 1 aliphatic rings. The number of carbonyl (C=O) groups excluding carboxylic acids is 1. The lowest BCUT2D eigenvalue weighted by atomic mass is 9.93. The molecule has 0 atom stereocenters. The predicted molar refractivity (Wildman–Crippen MR) is 52.8 cm³/mol. The van der Waals surface area contributed by atoms with Gasteiger partial charge < -0.3 is 0 Å². The van der Waals surface area contributed by atoms with Gasteiger partial charge in [-0.3, -0.25) is 4.79 Å². The summed E-state index contributed by atoms with van der Waals surface area (Å²) in [6.07, 6.45) is 1.86. The van der Waals surface area contributed by atoms with Crippen molar-refractivity contribution in [3.8, 4) is 0 Å². The summed E-state index contributed by atoms with van der Waals surface area (Å²) < 4.78 is 13.0. The quantitative estimate of drug-likeness (QED) is 0.658. The number of Topliss-reactive ketones (excluding diaryl/α,β-unsaturated/α-hetero) is 1. The maximum Gasteiger partial charge on any atom is 0.169 e. The van der Waals surface area contributed by atoms with Crippen LogP contribution < -0.4 is 0 Å². The molecular formula is C12H13FO. The van der Waals surface area contributed by atoms with E-state index in [1.165, 1.54) is 12.1 Å². The van der Waals surface area contributed by atoms with Crippen LogP contribution in [-0.4, -0.2) is 5.78 Å². The van der Waals surface area contributed by atoms with Crippen molar-refractivity contribution in [2.24, 2.45) is 5.41 Å². The molecule has 2 heteroatoms. The standard InChI is InChI=1S/C12H13FO/c1-8-3-4-9(13)7-10(8)11(14)12(2)5-6-12/h3-4,7H,5-6H2,1-2H3. The maximum atomic E-state index is 13.0. The van der Waals surface area contributed by atoms with E-state index in [1.54, 1.807) is 6.07 Å². The van der Waals surface area contributed by atoms with Crippen molar-refractivity contribution in [3.05, 3.63) is 35.1 Å². The number of benzene rings is 1. The molecule has 0 spiro atoms. The molecule has 0 heterocycles. The fourth-order valence-electron chi connectivity index (χ4n) is 1.58. The third-order valence-electron chi connectivity index (χ3n) is 2.99. The van der Waals surface area contributed by atoms with Crippen molar-refractivity contribution < 1.29 is 9.18 Å². The van der Waals surface area contributed by atoms with E-state index in [9.17, 15) is 9.18 Å². The van der Waals surface area contributed by atoms with Crippen molar-refractivity contribution in [2.75, 3.05) is 0 Å². The van der Waals surface area contributed by atoms with Crippen LogP contribution in [0.2, 0.25) is 0 Å². The van der Waals surface area contributed by atoms with Crippen molar-refractivity contribution in [3.63, 3.8) is 0 Å². The molecule has 1 aliphatic carbocycles. The highest BCUT2D eigenvalue weighted by atomic mass is 19.1. The number of aryl methyl sites for hydroxylation is 1. The number of ketones is 1. The Morgan fingerprint density at radius 3 is 2.64 bits per heavy atom. The molecule has 0 radical (unpaired) electrons. The van der Waals surface area contributed by atoms with Crippen LogP contribution >= 0.6 is 0 Å².